The number of carbonyl (C=O) groups is 1. The Kier molecular flexibility index (Phi) is 4.77. The van der Waals surface area contributed by atoms with E-state index in [2.05, 4.69) is 4.98 Å². The van der Waals surface area contributed by atoms with Crippen molar-refractivity contribution in [1.29, 1.82) is 0 Å². The lowest BCUT2D eigenvalue weighted by atomic mass is 10.2. The molecule has 1 rings (SSSR count). The van der Waals surface area contributed by atoms with Crippen molar-refractivity contribution < 1.29 is 9.90 Å². The van der Waals surface area contributed by atoms with Crippen LogP contribution in [-0.4, -0.2) is 40.6 Å². The zero-order chi connectivity index (χ0) is 11.1. The van der Waals surface area contributed by atoms with Gasteiger partial charge in [-0.2, -0.15) is 0 Å². The summed E-state index contributed by atoms with van der Waals surface area (Å²) in [6.45, 7) is 3.61. The number of hydrogen-bond donors (Lipinski definition) is 1. The highest BCUT2D eigenvalue weighted by Crippen LogP contribution is 1.99. The van der Waals surface area contributed by atoms with Crippen LogP contribution in [0.4, 0.5) is 0 Å². The molecule has 15 heavy (non-hydrogen) atoms. The van der Waals surface area contributed by atoms with E-state index in [1.165, 1.54) is 5.56 Å². The highest BCUT2D eigenvalue weighted by molar-refractivity contribution is 5.69. The molecule has 0 saturated heterocycles. The summed E-state index contributed by atoms with van der Waals surface area (Å²) in [5, 5.41) is 8.66. The molecule has 1 heterocycles. The molecule has 82 valence electrons. The maximum absolute atomic E-state index is 10.5. The van der Waals surface area contributed by atoms with E-state index in [9.17, 15) is 4.79 Å². The Hall–Kier alpha value is -1.42. The first kappa shape index (κ1) is 11.7. The number of rotatable bonds is 6. The molecule has 0 bridgehead atoms. The van der Waals surface area contributed by atoms with Gasteiger partial charge in [-0.25, -0.2) is 0 Å². The molecule has 1 aromatic rings. The average Bonchev–Trinajstić information content (AvgIpc) is 2.25. The zero-order valence-electron chi connectivity index (χ0n) is 8.89. The van der Waals surface area contributed by atoms with E-state index in [1.807, 2.05) is 24.0 Å². The second-order valence-electron chi connectivity index (χ2n) is 3.37. The fourth-order valence-electron chi connectivity index (χ4n) is 1.38. The number of carboxylic acid groups (broad SMARTS) is 1. The SMILES string of the molecule is CCN(CCc1ccncc1)CC(=O)O. The third-order valence-electron chi connectivity index (χ3n) is 2.27. The summed E-state index contributed by atoms with van der Waals surface area (Å²) in [5.41, 5.74) is 1.19. The van der Waals surface area contributed by atoms with Gasteiger partial charge in [-0.1, -0.05) is 6.92 Å². The van der Waals surface area contributed by atoms with Crippen LogP contribution < -0.4 is 0 Å². The molecule has 0 amide bonds. The maximum Gasteiger partial charge on any atom is 0.317 e. The van der Waals surface area contributed by atoms with Crippen LogP contribution in [0.2, 0.25) is 0 Å². The van der Waals surface area contributed by atoms with Gasteiger partial charge in [0.25, 0.3) is 0 Å². The number of hydrogen-bond acceptors (Lipinski definition) is 3. The summed E-state index contributed by atoms with van der Waals surface area (Å²) in [5.74, 6) is -0.772. The van der Waals surface area contributed by atoms with Crippen molar-refractivity contribution in [2.24, 2.45) is 0 Å². The predicted octanol–water partition coefficient (Wildman–Crippen LogP) is 1.03. The summed E-state index contributed by atoms with van der Waals surface area (Å²) in [6.07, 6.45) is 4.37. The monoisotopic (exact) mass is 208 g/mol. The van der Waals surface area contributed by atoms with Crippen LogP contribution in [0.5, 0.6) is 0 Å². The quantitative estimate of drug-likeness (QED) is 0.758. The van der Waals surface area contributed by atoms with Crippen molar-refractivity contribution in [2.45, 2.75) is 13.3 Å². The third-order valence-corrected chi connectivity index (χ3v) is 2.27. The van der Waals surface area contributed by atoms with Crippen LogP contribution in [0.1, 0.15) is 12.5 Å². The molecule has 0 aromatic carbocycles. The number of likely N-dealkylation sites (N-methyl/N-ethyl adjacent to an activating group) is 1. The zero-order valence-corrected chi connectivity index (χ0v) is 8.89. The van der Waals surface area contributed by atoms with E-state index in [-0.39, 0.29) is 6.54 Å². The molecule has 0 spiro atoms. The Morgan fingerprint density at radius 1 is 1.47 bits per heavy atom. The van der Waals surface area contributed by atoms with Gasteiger partial charge in [0.15, 0.2) is 0 Å². The number of pyridine rings is 1. The van der Waals surface area contributed by atoms with Crippen LogP contribution in [0, 0.1) is 0 Å². The van der Waals surface area contributed by atoms with E-state index in [0.29, 0.717) is 0 Å². The minimum absolute atomic E-state index is 0.113. The van der Waals surface area contributed by atoms with E-state index in [4.69, 9.17) is 5.11 Å². The Morgan fingerprint density at radius 3 is 2.67 bits per heavy atom. The Morgan fingerprint density at radius 2 is 2.13 bits per heavy atom. The molecule has 0 fully saturated rings. The molecular weight excluding hydrogens is 192 g/mol. The Bertz CT molecular complexity index is 301. The van der Waals surface area contributed by atoms with E-state index >= 15 is 0 Å². The normalized spacial score (nSPS) is 10.5. The smallest absolute Gasteiger partial charge is 0.317 e. The molecule has 0 unspecified atom stereocenters. The second kappa shape index (κ2) is 6.14. The van der Waals surface area contributed by atoms with Gasteiger partial charge in [0.1, 0.15) is 0 Å². The van der Waals surface area contributed by atoms with Crippen LogP contribution >= 0.6 is 0 Å². The van der Waals surface area contributed by atoms with Gasteiger partial charge in [0.05, 0.1) is 6.54 Å². The Labute approximate surface area is 89.6 Å². The number of nitrogens with zero attached hydrogens (tertiary/aromatic N) is 2. The van der Waals surface area contributed by atoms with Crippen molar-refractivity contribution in [3.05, 3.63) is 30.1 Å². The number of aliphatic carboxylic acids is 1. The molecule has 1 N–H and O–H groups in total. The van der Waals surface area contributed by atoms with Gasteiger partial charge >= 0.3 is 5.97 Å². The largest absolute Gasteiger partial charge is 0.480 e. The first-order chi connectivity index (χ1) is 7.22. The standard InChI is InChI=1S/C11H16N2O2/c1-2-13(9-11(14)15)8-5-10-3-6-12-7-4-10/h3-4,6-7H,2,5,8-9H2,1H3,(H,14,15). The first-order valence-electron chi connectivity index (χ1n) is 5.05. The fourth-order valence-corrected chi connectivity index (χ4v) is 1.38. The van der Waals surface area contributed by atoms with Crippen LogP contribution in [0.15, 0.2) is 24.5 Å². The lowest BCUT2D eigenvalue weighted by Crippen LogP contribution is -2.31. The summed E-state index contributed by atoms with van der Waals surface area (Å²) < 4.78 is 0. The van der Waals surface area contributed by atoms with Gasteiger partial charge in [0.2, 0.25) is 0 Å². The van der Waals surface area contributed by atoms with Gasteiger partial charge in [-0.15, -0.1) is 0 Å². The summed E-state index contributed by atoms with van der Waals surface area (Å²) in [4.78, 5) is 16.4. The van der Waals surface area contributed by atoms with Crippen molar-refractivity contribution in [3.63, 3.8) is 0 Å². The predicted molar refractivity (Wildman–Crippen MR) is 57.7 cm³/mol. The number of aromatic nitrogens is 1. The minimum atomic E-state index is -0.772. The molecule has 0 atom stereocenters. The molecule has 0 aliphatic rings. The lowest BCUT2D eigenvalue weighted by Gasteiger charge is -2.17. The van der Waals surface area contributed by atoms with Gasteiger partial charge in [0, 0.05) is 18.9 Å². The molecule has 4 heteroatoms. The Balaban J connectivity index is 2.37. The van der Waals surface area contributed by atoms with Gasteiger partial charge in [-0.05, 0) is 30.7 Å². The van der Waals surface area contributed by atoms with Crippen molar-refractivity contribution in [1.82, 2.24) is 9.88 Å². The lowest BCUT2D eigenvalue weighted by molar-refractivity contribution is -0.138. The fraction of sp³-hybridized carbons (Fsp3) is 0.455. The summed E-state index contributed by atoms with van der Waals surface area (Å²) >= 11 is 0. The first-order valence-corrected chi connectivity index (χ1v) is 5.05. The van der Waals surface area contributed by atoms with E-state index < -0.39 is 5.97 Å². The molecule has 0 aliphatic heterocycles. The van der Waals surface area contributed by atoms with Crippen LogP contribution in [0.25, 0.3) is 0 Å². The topological polar surface area (TPSA) is 53.4 Å². The molecule has 0 saturated carbocycles. The van der Waals surface area contributed by atoms with Crippen molar-refractivity contribution >= 4 is 5.97 Å². The van der Waals surface area contributed by atoms with Crippen molar-refractivity contribution in [2.75, 3.05) is 19.6 Å². The van der Waals surface area contributed by atoms with E-state index in [1.54, 1.807) is 12.4 Å². The average molecular weight is 208 g/mol. The van der Waals surface area contributed by atoms with Crippen molar-refractivity contribution in [3.8, 4) is 0 Å². The number of carboxylic acids is 1. The highest BCUT2D eigenvalue weighted by Gasteiger charge is 2.06. The third kappa shape index (κ3) is 4.56. The summed E-state index contributed by atoms with van der Waals surface area (Å²) in [6, 6.07) is 3.91. The molecule has 4 nitrogen and oxygen atoms in total. The maximum atomic E-state index is 10.5. The van der Waals surface area contributed by atoms with Gasteiger partial charge < -0.3 is 5.11 Å². The van der Waals surface area contributed by atoms with Crippen LogP contribution in [0.3, 0.4) is 0 Å². The van der Waals surface area contributed by atoms with E-state index in [0.717, 1.165) is 19.5 Å². The molecule has 1 aromatic heterocycles. The molecular formula is C11H16N2O2. The van der Waals surface area contributed by atoms with Gasteiger partial charge in [-0.3, -0.25) is 14.7 Å². The highest BCUT2D eigenvalue weighted by atomic mass is 16.4. The molecule has 0 radical (unpaired) electrons. The second-order valence-corrected chi connectivity index (χ2v) is 3.37. The molecule has 0 aliphatic carbocycles. The van der Waals surface area contributed by atoms with Crippen LogP contribution in [-0.2, 0) is 11.2 Å². The minimum Gasteiger partial charge on any atom is -0.480 e. The summed E-state index contributed by atoms with van der Waals surface area (Å²) in [7, 11) is 0.